The molecule has 0 spiro atoms. The van der Waals surface area contributed by atoms with Crippen molar-refractivity contribution in [1.82, 2.24) is 0 Å². The fourth-order valence-corrected chi connectivity index (χ4v) is 1.02. The lowest BCUT2D eigenvalue weighted by molar-refractivity contribution is -0.248. The van der Waals surface area contributed by atoms with Crippen LogP contribution in [-0.4, -0.2) is 24.4 Å². The maximum Gasteiger partial charge on any atom is 0.110 e. The van der Waals surface area contributed by atoms with Crippen molar-refractivity contribution in [3.63, 3.8) is 0 Å². The van der Waals surface area contributed by atoms with Gasteiger partial charge in [0.15, 0.2) is 0 Å². The molecule has 1 heterocycles. The highest BCUT2D eigenvalue weighted by Crippen LogP contribution is 2.28. The van der Waals surface area contributed by atoms with E-state index in [1.165, 1.54) is 0 Å². The maximum atomic E-state index is 5.58. The van der Waals surface area contributed by atoms with Crippen molar-refractivity contribution in [3.05, 3.63) is 0 Å². The summed E-state index contributed by atoms with van der Waals surface area (Å²) in [6.45, 7) is 8.97. The van der Waals surface area contributed by atoms with Crippen molar-refractivity contribution >= 4 is 0 Å². The molecule has 1 rings (SSSR count). The molecule has 0 aromatic carbocycles. The summed E-state index contributed by atoms with van der Waals surface area (Å²) in [7, 11) is 0. The van der Waals surface area contributed by atoms with Crippen molar-refractivity contribution in [2.45, 2.75) is 45.5 Å². The van der Waals surface area contributed by atoms with Crippen LogP contribution in [0.2, 0.25) is 0 Å². The molecule has 1 saturated heterocycles. The highest BCUT2D eigenvalue weighted by molar-refractivity contribution is 4.89. The van der Waals surface area contributed by atoms with Gasteiger partial charge < -0.3 is 9.47 Å². The lowest BCUT2D eigenvalue weighted by atomic mass is 9.96. The van der Waals surface area contributed by atoms with Crippen LogP contribution in [0.3, 0.4) is 0 Å². The van der Waals surface area contributed by atoms with E-state index >= 15 is 0 Å². The first-order chi connectivity index (χ1) is 4.52. The predicted molar refractivity (Wildman–Crippen MR) is 40.0 cm³/mol. The molecule has 0 aromatic heterocycles. The predicted octanol–water partition coefficient (Wildman–Crippen LogP) is 1.59. The SMILES string of the molecule is CC(C)OC1COC1(C)C. The minimum atomic E-state index is -0.0513. The van der Waals surface area contributed by atoms with Gasteiger partial charge in [-0.25, -0.2) is 0 Å². The van der Waals surface area contributed by atoms with Crippen LogP contribution in [0.25, 0.3) is 0 Å². The van der Waals surface area contributed by atoms with Gasteiger partial charge >= 0.3 is 0 Å². The molecule has 2 nitrogen and oxygen atoms in total. The normalized spacial score (nSPS) is 30.3. The van der Waals surface area contributed by atoms with Gasteiger partial charge in [-0.05, 0) is 27.7 Å². The Morgan fingerprint density at radius 1 is 1.50 bits per heavy atom. The average molecular weight is 144 g/mol. The van der Waals surface area contributed by atoms with Gasteiger partial charge in [0.05, 0.1) is 18.3 Å². The molecule has 0 aromatic rings. The Balaban J connectivity index is 2.30. The van der Waals surface area contributed by atoms with Crippen molar-refractivity contribution < 1.29 is 9.47 Å². The van der Waals surface area contributed by atoms with Crippen molar-refractivity contribution in [1.29, 1.82) is 0 Å². The third-order valence-corrected chi connectivity index (χ3v) is 1.82. The number of ether oxygens (including phenoxy) is 2. The lowest BCUT2D eigenvalue weighted by Gasteiger charge is -2.44. The summed E-state index contributed by atoms with van der Waals surface area (Å²) in [6, 6.07) is 0. The summed E-state index contributed by atoms with van der Waals surface area (Å²) >= 11 is 0. The van der Waals surface area contributed by atoms with Gasteiger partial charge in [-0.15, -0.1) is 0 Å². The Morgan fingerprint density at radius 2 is 2.10 bits per heavy atom. The molecule has 0 N–H and O–H groups in total. The van der Waals surface area contributed by atoms with Crippen LogP contribution in [0.4, 0.5) is 0 Å². The molecular weight excluding hydrogens is 128 g/mol. The van der Waals surface area contributed by atoms with Crippen LogP contribution in [0, 0.1) is 0 Å². The Morgan fingerprint density at radius 3 is 2.20 bits per heavy atom. The van der Waals surface area contributed by atoms with E-state index in [-0.39, 0.29) is 5.60 Å². The monoisotopic (exact) mass is 144 g/mol. The second kappa shape index (κ2) is 2.51. The van der Waals surface area contributed by atoms with Crippen molar-refractivity contribution in [3.8, 4) is 0 Å². The molecule has 10 heavy (non-hydrogen) atoms. The molecule has 0 radical (unpaired) electrons. The lowest BCUT2D eigenvalue weighted by Crippen LogP contribution is -2.55. The van der Waals surface area contributed by atoms with E-state index in [2.05, 4.69) is 27.7 Å². The van der Waals surface area contributed by atoms with Crippen LogP contribution >= 0.6 is 0 Å². The first kappa shape index (κ1) is 8.02. The number of hydrogen-bond donors (Lipinski definition) is 0. The minimum Gasteiger partial charge on any atom is -0.370 e. The third-order valence-electron chi connectivity index (χ3n) is 1.82. The first-order valence-electron chi connectivity index (χ1n) is 3.82. The second-order valence-electron chi connectivity index (χ2n) is 3.59. The molecule has 1 aliphatic rings. The van der Waals surface area contributed by atoms with Crippen LogP contribution in [-0.2, 0) is 9.47 Å². The zero-order valence-electron chi connectivity index (χ0n) is 7.18. The van der Waals surface area contributed by atoms with Crippen LogP contribution in [0.15, 0.2) is 0 Å². The van der Waals surface area contributed by atoms with Gasteiger partial charge in [0, 0.05) is 0 Å². The van der Waals surface area contributed by atoms with E-state index in [0.29, 0.717) is 12.2 Å². The summed E-state index contributed by atoms with van der Waals surface area (Å²) in [6.07, 6.45) is 0.612. The van der Waals surface area contributed by atoms with Gasteiger partial charge in [0.1, 0.15) is 6.10 Å². The fourth-order valence-electron chi connectivity index (χ4n) is 1.02. The molecule has 0 amide bonds. The molecule has 60 valence electrons. The molecule has 0 aliphatic carbocycles. The fraction of sp³-hybridized carbons (Fsp3) is 1.00. The molecule has 0 bridgehead atoms. The maximum absolute atomic E-state index is 5.58. The van der Waals surface area contributed by atoms with E-state index in [9.17, 15) is 0 Å². The summed E-state index contributed by atoms with van der Waals surface area (Å²) in [5, 5.41) is 0. The van der Waals surface area contributed by atoms with E-state index in [1.807, 2.05) is 0 Å². The summed E-state index contributed by atoms with van der Waals surface area (Å²) in [5.41, 5.74) is -0.0513. The average Bonchev–Trinajstić information content (AvgIpc) is 1.81. The van der Waals surface area contributed by atoms with E-state index < -0.39 is 0 Å². The van der Waals surface area contributed by atoms with Gasteiger partial charge in [0.2, 0.25) is 0 Å². The van der Waals surface area contributed by atoms with Crippen LogP contribution in [0.1, 0.15) is 27.7 Å². The van der Waals surface area contributed by atoms with E-state index in [0.717, 1.165) is 6.61 Å². The molecule has 1 fully saturated rings. The van der Waals surface area contributed by atoms with E-state index in [1.54, 1.807) is 0 Å². The number of rotatable bonds is 2. The molecule has 1 unspecified atom stereocenters. The van der Waals surface area contributed by atoms with Gasteiger partial charge in [0.25, 0.3) is 0 Å². The smallest absolute Gasteiger partial charge is 0.110 e. The largest absolute Gasteiger partial charge is 0.370 e. The molecular formula is C8H16O2. The van der Waals surface area contributed by atoms with Crippen LogP contribution in [0.5, 0.6) is 0 Å². The highest BCUT2D eigenvalue weighted by Gasteiger charge is 2.41. The van der Waals surface area contributed by atoms with Crippen LogP contribution < -0.4 is 0 Å². The Labute approximate surface area is 62.5 Å². The third kappa shape index (κ3) is 1.50. The Kier molecular flexibility index (Phi) is 2.02. The van der Waals surface area contributed by atoms with Crippen molar-refractivity contribution in [2.24, 2.45) is 0 Å². The summed E-state index contributed by atoms with van der Waals surface area (Å²) in [5.74, 6) is 0. The molecule has 2 heteroatoms. The van der Waals surface area contributed by atoms with Gasteiger partial charge in [-0.3, -0.25) is 0 Å². The quantitative estimate of drug-likeness (QED) is 0.586. The first-order valence-corrected chi connectivity index (χ1v) is 3.82. The minimum absolute atomic E-state index is 0.0513. The Bertz CT molecular complexity index is 118. The number of hydrogen-bond acceptors (Lipinski definition) is 2. The topological polar surface area (TPSA) is 18.5 Å². The van der Waals surface area contributed by atoms with E-state index in [4.69, 9.17) is 9.47 Å². The summed E-state index contributed by atoms with van der Waals surface area (Å²) < 4.78 is 10.9. The summed E-state index contributed by atoms with van der Waals surface area (Å²) in [4.78, 5) is 0. The van der Waals surface area contributed by atoms with Gasteiger partial charge in [-0.2, -0.15) is 0 Å². The molecule has 0 saturated carbocycles. The zero-order valence-corrected chi connectivity index (χ0v) is 7.18. The molecule has 1 atom stereocenters. The highest BCUT2D eigenvalue weighted by atomic mass is 16.6. The Hall–Kier alpha value is -0.0800. The van der Waals surface area contributed by atoms with Gasteiger partial charge in [-0.1, -0.05) is 0 Å². The second-order valence-corrected chi connectivity index (χ2v) is 3.59. The standard InChI is InChI=1S/C8H16O2/c1-6(2)10-7-5-9-8(7,3)4/h6-7H,5H2,1-4H3. The zero-order chi connectivity index (χ0) is 7.78. The van der Waals surface area contributed by atoms with Crippen molar-refractivity contribution in [2.75, 3.05) is 6.61 Å². The molecule has 1 aliphatic heterocycles.